The molecule has 0 aliphatic carbocycles. The van der Waals surface area contributed by atoms with E-state index in [2.05, 4.69) is 10.5 Å². The zero-order valence-corrected chi connectivity index (χ0v) is 14.4. The van der Waals surface area contributed by atoms with Crippen molar-refractivity contribution in [2.45, 2.75) is 26.4 Å². The topological polar surface area (TPSA) is 84.7 Å². The van der Waals surface area contributed by atoms with Crippen LogP contribution in [0.15, 0.2) is 22.0 Å². The molecule has 0 aromatic carbocycles. The Morgan fingerprint density at radius 1 is 1.50 bits per heavy atom. The summed E-state index contributed by atoms with van der Waals surface area (Å²) in [5, 5.41) is 8.42. The number of anilines is 1. The van der Waals surface area contributed by atoms with Crippen molar-refractivity contribution in [3.05, 3.63) is 33.8 Å². The highest BCUT2D eigenvalue weighted by molar-refractivity contribution is 7.10. The van der Waals surface area contributed by atoms with E-state index in [1.54, 1.807) is 18.3 Å². The maximum atomic E-state index is 12.5. The van der Waals surface area contributed by atoms with E-state index in [1.165, 1.54) is 4.90 Å². The van der Waals surface area contributed by atoms with Crippen LogP contribution in [0, 0.1) is 6.92 Å². The summed E-state index contributed by atoms with van der Waals surface area (Å²) in [6, 6.07) is 3.91. The quantitative estimate of drug-likeness (QED) is 0.858. The molecule has 1 atom stereocenters. The molecular weight excluding hydrogens is 330 g/mol. The number of carbonyl (C=O) groups is 2. The zero-order chi connectivity index (χ0) is 17.1. The van der Waals surface area contributed by atoms with Crippen molar-refractivity contribution in [1.29, 1.82) is 0 Å². The normalized spacial score (nSPS) is 17.8. The van der Waals surface area contributed by atoms with Crippen LogP contribution < -0.4 is 5.32 Å². The number of aromatic nitrogens is 1. The van der Waals surface area contributed by atoms with Crippen molar-refractivity contribution in [2.24, 2.45) is 0 Å². The average Bonchev–Trinajstić information content (AvgIpc) is 3.25. The first-order chi connectivity index (χ1) is 11.6. The van der Waals surface area contributed by atoms with Crippen molar-refractivity contribution in [3.8, 4) is 0 Å². The number of rotatable bonds is 3. The fourth-order valence-electron chi connectivity index (χ4n) is 2.61. The van der Waals surface area contributed by atoms with Crippen molar-refractivity contribution in [1.82, 2.24) is 10.1 Å². The summed E-state index contributed by atoms with van der Waals surface area (Å²) in [6.45, 7) is 4.80. The van der Waals surface area contributed by atoms with Crippen LogP contribution in [0.2, 0.25) is 0 Å². The Kier molecular flexibility index (Phi) is 4.96. The smallest absolute Gasteiger partial charge is 0.314 e. The van der Waals surface area contributed by atoms with Crippen molar-refractivity contribution in [3.63, 3.8) is 0 Å². The van der Waals surface area contributed by atoms with Gasteiger partial charge in [-0.2, -0.15) is 0 Å². The van der Waals surface area contributed by atoms with Crippen LogP contribution in [0.3, 0.4) is 0 Å². The van der Waals surface area contributed by atoms with Gasteiger partial charge >= 0.3 is 11.8 Å². The van der Waals surface area contributed by atoms with Crippen LogP contribution in [0.1, 0.15) is 29.4 Å². The molecule has 1 aliphatic heterocycles. The summed E-state index contributed by atoms with van der Waals surface area (Å²) in [4.78, 5) is 27.4. The number of carbonyl (C=O) groups excluding carboxylic acids is 2. The molecule has 2 aromatic heterocycles. The monoisotopic (exact) mass is 349 g/mol. The van der Waals surface area contributed by atoms with Gasteiger partial charge in [0.15, 0.2) is 5.76 Å². The first-order valence-corrected chi connectivity index (χ1v) is 8.68. The summed E-state index contributed by atoms with van der Waals surface area (Å²) >= 11 is 1.58. The molecule has 3 rings (SSSR count). The molecule has 128 valence electrons. The second kappa shape index (κ2) is 7.14. The molecular formula is C16H19N3O4S. The first kappa shape index (κ1) is 16.7. The molecule has 0 bridgehead atoms. The molecule has 2 aromatic rings. The number of nitrogens with zero attached hydrogens (tertiary/aromatic N) is 2. The van der Waals surface area contributed by atoms with E-state index in [-0.39, 0.29) is 6.10 Å². The molecule has 24 heavy (non-hydrogen) atoms. The minimum absolute atomic E-state index is 0.181. The predicted molar refractivity (Wildman–Crippen MR) is 88.8 cm³/mol. The van der Waals surface area contributed by atoms with E-state index < -0.39 is 11.8 Å². The van der Waals surface area contributed by atoms with Gasteiger partial charge in [0.1, 0.15) is 17.5 Å². The Morgan fingerprint density at radius 3 is 3.04 bits per heavy atom. The lowest BCUT2D eigenvalue weighted by Crippen LogP contribution is -2.46. The van der Waals surface area contributed by atoms with Gasteiger partial charge in [-0.3, -0.25) is 9.59 Å². The maximum Gasteiger partial charge on any atom is 0.314 e. The molecule has 8 heteroatoms. The van der Waals surface area contributed by atoms with Crippen LogP contribution in [-0.4, -0.2) is 41.6 Å². The lowest BCUT2D eigenvalue weighted by atomic mass is 10.2. The van der Waals surface area contributed by atoms with Crippen LogP contribution in [0.5, 0.6) is 0 Å². The molecule has 2 amide bonds. The fraction of sp³-hybridized carbons (Fsp3) is 0.438. The van der Waals surface area contributed by atoms with Gasteiger partial charge in [-0.25, -0.2) is 0 Å². The Labute approximate surface area is 143 Å². The summed E-state index contributed by atoms with van der Waals surface area (Å²) < 4.78 is 10.8. The molecule has 1 saturated heterocycles. The maximum absolute atomic E-state index is 12.5. The van der Waals surface area contributed by atoms with Crippen LogP contribution in [0.4, 0.5) is 5.69 Å². The van der Waals surface area contributed by atoms with Crippen LogP contribution in [0.25, 0.3) is 0 Å². The van der Waals surface area contributed by atoms with Gasteiger partial charge in [0.25, 0.3) is 0 Å². The number of thiophene rings is 1. The summed E-state index contributed by atoms with van der Waals surface area (Å²) in [5.74, 6) is -0.683. The van der Waals surface area contributed by atoms with Gasteiger partial charge in [-0.05, 0) is 18.4 Å². The van der Waals surface area contributed by atoms with Crippen LogP contribution in [-0.2, 0) is 20.7 Å². The summed E-state index contributed by atoms with van der Waals surface area (Å²) in [5.41, 5.74) is 1.05. The van der Waals surface area contributed by atoms with Gasteiger partial charge < -0.3 is 19.5 Å². The third-order valence-corrected chi connectivity index (χ3v) is 4.87. The Bertz CT molecular complexity index is 726. The van der Waals surface area contributed by atoms with E-state index in [0.717, 1.165) is 4.88 Å². The number of ether oxygens (including phenoxy) is 1. The van der Waals surface area contributed by atoms with Crippen molar-refractivity contribution >= 4 is 28.8 Å². The Morgan fingerprint density at radius 2 is 2.33 bits per heavy atom. The lowest BCUT2D eigenvalue weighted by molar-refractivity contribution is -0.148. The van der Waals surface area contributed by atoms with E-state index in [1.807, 2.05) is 24.4 Å². The van der Waals surface area contributed by atoms with Gasteiger partial charge in [-0.15, -0.1) is 11.3 Å². The van der Waals surface area contributed by atoms with E-state index >= 15 is 0 Å². The number of aryl methyl sites for hydroxylation is 2. The molecule has 1 N–H and O–H groups in total. The van der Waals surface area contributed by atoms with Crippen LogP contribution >= 0.6 is 11.3 Å². The Balaban J connectivity index is 1.67. The number of hydrogen-bond acceptors (Lipinski definition) is 6. The van der Waals surface area contributed by atoms with Crippen molar-refractivity contribution in [2.75, 3.05) is 25.0 Å². The SMILES string of the molecule is CCc1onc(C)c1NC(=O)C(=O)N1CCOC(c2cccs2)C1. The number of morpholine rings is 1. The number of amides is 2. The molecule has 7 nitrogen and oxygen atoms in total. The predicted octanol–water partition coefficient (Wildman–Crippen LogP) is 2.15. The second-order valence-corrected chi connectivity index (χ2v) is 6.48. The lowest BCUT2D eigenvalue weighted by Gasteiger charge is -2.32. The number of nitrogens with one attached hydrogen (secondary N) is 1. The molecule has 0 spiro atoms. The first-order valence-electron chi connectivity index (χ1n) is 7.80. The van der Waals surface area contributed by atoms with Gasteiger partial charge in [0.2, 0.25) is 0 Å². The van der Waals surface area contributed by atoms with Gasteiger partial charge in [0, 0.05) is 17.8 Å². The average molecular weight is 349 g/mol. The third kappa shape index (κ3) is 3.34. The van der Waals surface area contributed by atoms with E-state index in [9.17, 15) is 9.59 Å². The molecule has 3 heterocycles. The summed E-state index contributed by atoms with van der Waals surface area (Å²) in [7, 11) is 0. The largest absolute Gasteiger partial charge is 0.369 e. The molecule has 0 saturated carbocycles. The highest BCUT2D eigenvalue weighted by Gasteiger charge is 2.30. The third-order valence-electron chi connectivity index (χ3n) is 3.90. The minimum Gasteiger partial charge on any atom is -0.369 e. The van der Waals surface area contributed by atoms with Gasteiger partial charge in [0.05, 0.1) is 13.2 Å². The molecule has 0 radical (unpaired) electrons. The van der Waals surface area contributed by atoms with E-state index in [0.29, 0.717) is 43.3 Å². The summed E-state index contributed by atoms with van der Waals surface area (Å²) in [6.07, 6.45) is 0.405. The standard InChI is InChI=1S/C16H19N3O4S/c1-3-11-14(10(2)18-23-11)17-15(20)16(21)19-6-7-22-12(9-19)13-5-4-8-24-13/h4-5,8,12H,3,6-7,9H2,1-2H3,(H,17,20). The van der Waals surface area contributed by atoms with Gasteiger partial charge in [-0.1, -0.05) is 18.1 Å². The molecule has 1 fully saturated rings. The Hall–Kier alpha value is -2.19. The zero-order valence-electron chi connectivity index (χ0n) is 13.6. The number of hydrogen-bond donors (Lipinski definition) is 1. The molecule has 1 unspecified atom stereocenters. The highest BCUT2D eigenvalue weighted by Crippen LogP contribution is 2.26. The molecule has 1 aliphatic rings. The minimum atomic E-state index is -0.678. The fourth-order valence-corrected chi connectivity index (χ4v) is 3.37. The van der Waals surface area contributed by atoms with Crippen molar-refractivity contribution < 1.29 is 18.8 Å². The van der Waals surface area contributed by atoms with E-state index in [4.69, 9.17) is 9.26 Å². The highest BCUT2D eigenvalue weighted by atomic mass is 32.1. The second-order valence-electron chi connectivity index (χ2n) is 5.50.